The van der Waals surface area contributed by atoms with E-state index in [0.717, 1.165) is 23.3 Å². The molecule has 1 fully saturated rings. The molecule has 0 spiro atoms. The van der Waals surface area contributed by atoms with Crippen molar-refractivity contribution >= 4 is 5.91 Å². The smallest absolute Gasteiger partial charge is 0.223 e. The SMILES string of the molecule is Cc1ccccc1OC[C@@]1(O)CCCN(C(=O)CCc2cnn(C)c2)C1. The normalized spacial score (nSPS) is 20.2. The molecule has 1 N–H and O–H groups in total. The first-order valence-corrected chi connectivity index (χ1v) is 9.11. The predicted octanol–water partition coefficient (Wildman–Crippen LogP) is 2.09. The Kier molecular flexibility index (Phi) is 5.61. The molecule has 1 amide bonds. The number of carbonyl (C=O) groups excluding carboxylic acids is 1. The molecule has 1 aromatic heterocycles. The number of piperidine rings is 1. The number of hydrogen-bond donors (Lipinski definition) is 1. The molecule has 140 valence electrons. The van der Waals surface area contributed by atoms with E-state index >= 15 is 0 Å². The minimum Gasteiger partial charge on any atom is -0.490 e. The van der Waals surface area contributed by atoms with Crippen LogP contribution in [0.25, 0.3) is 0 Å². The van der Waals surface area contributed by atoms with E-state index in [4.69, 9.17) is 4.74 Å². The maximum atomic E-state index is 12.5. The number of nitrogens with zero attached hydrogens (tertiary/aromatic N) is 3. The average molecular weight is 357 g/mol. The third-order valence-electron chi connectivity index (χ3n) is 4.88. The Morgan fingerprint density at radius 1 is 1.38 bits per heavy atom. The van der Waals surface area contributed by atoms with E-state index in [1.807, 2.05) is 44.4 Å². The van der Waals surface area contributed by atoms with Crippen LogP contribution >= 0.6 is 0 Å². The van der Waals surface area contributed by atoms with Crippen LogP contribution in [0.3, 0.4) is 0 Å². The Morgan fingerprint density at radius 3 is 2.92 bits per heavy atom. The van der Waals surface area contributed by atoms with Gasteiger partial charge in [0, 0.05) is 26.2 Å². The highest BCUT2D eigenvalue weighted by Crippen LogP contribution is 2.25. The van der Waals surface area contributed by atoms with Gasteiger partial charge in [0.2, 0.25) is 5.91 Å². The Labute approximate surface area is 154 Å². The first-order valence-electron chi connectivity index (χ1n) is 9.11. The van der Waals surface area contributed by atoms with Gasteiger partial charge in [-0.3, -0.25) is 9.48 Å². The van der Waals surface area contributed by atoms with E-state index in [2.05, 4.69) is 5.10 Å². The molecule has 1 aliphatic rings. The van der Waals surface area contributed by atoms with Gasteiger partial charge in [-0.05, 0) is 43.4 Å². The number of aromatic nitrogens is 2. The lowest BCUT2D eigenvalue weighted by Gasteiger charge is -2.39. The van der Waals surface area contributed by atoms with Crippen molar-refractivity contribution in [2.45, 2.75) is 38.2 Å². The number of carbonyl (C=O) groups is 1. The molecule has 1 aliphatic heterocycles. The number of amides is 1. The summed E-state index contributed by atoms with van der Waals surface area (Å²) in [6.45, 7) is 3.20. The summed E-state index contributed by atoms with van der Waals surface area (Å²) >= 11 is 0. The van der Waals surface area contributed by atoms with Crippen LogP contribution in [0.15, 0.2) is 36.7 Å². The highest BCUT2D eigenvalue weighted by molar-refractivity contribution is 5.76. The standard InChI is InChI=1S/C20H27N3O3/c1-16-6-3-4-7-18(16)26-15-20(25)10-5-11-23(14-20)19(24)9-8-17-12-21-22(2)13-17/h3-4,6-7,12-13,25H,5,8-11,14-15H2,1-2H3/t20-/m1/s1. The monoisotopic (exact) mass is 357 g/mol. The van der Waals surface area contributed by atoms with Crippen LogP contribution in [0.1, 0.15) is 30.4 Å². The quantitative estimate of drug-likeness (QED) is 0.860. The molecule has 3 rings (SSSR count). The second-order valence-corrected chi connectivity index (χ2v) is 7.22. The summed E-state index contributed by atoms with van der Waals surface area (Å²) in [5, 5.41) is 15.0. The molecule has 0 unspecified atom stereocenters. The lowest BCUT2D eigenvalue weighted by Crippen LogP contribution is -2.53. The maximum absolute atomic E-state index is 12.5. The van der Waals surface area contributed by atoms with Crippen LogP contribution in [0.2, 0.25) is 0 Å². The number of aryl methyl sites for hydroxylation is 3. The van der Waals surface area contributed by atoms with Crippen LogP contribution in [0, 0.1) is 6.92 Å². The van der Waals surface area contributed by atoms with E-state index in [9.17, 15) is 9.90 Å². The molecular formula is C20H27N3O3. The molecule has 1 saturated heterocycles. The molecule has 1 atom stereocenters. The van der Waals surface area contributed by atoms with Crippen molar-refractivity contribution in [3.05, 3.63) is 47.8 Å². The molecule has 0 saturated carbocycles. The Morgan fingerprint density at radius 2 is 2.19 bits per heavy atom. The van der Waals surface area contributed by atoms with Crippen molar-refractivity contribution in [1.82, 2.24) is 14.7 Å². The average Bonchev–Trinajstić information content (AvgIpc) is 3.04. The number of likely N-dealkylation sites (tertiary alicyclic amines) is 1. The van der Waals surface area contributed by atoms with Gasteiger partial charge < -0.3 is 14.7 Å². The molecule has 0 radical (unpaired) electrons. The molecule has 6 heteroatoms. The summed E-state index contributed by atoms with van der Waals surface area (Å²) in [5.41, 5.74) is 1.09. The summed E-state index contributed by atoms with van der Waals surface area (Å²) in [4.78, 5) is 14.3. The zero-order chi connectivity index (χ0) is 18.6. The largest absolute Gasteiger partial charge is 0.490 e. The van der Waals surface area contributed by atoms with Crippen LogP contribution in [-0.2, 0) is 18.3 Å². The fourth-order valence-corrected chi connectivity index (χ4v) is 3.38. The second-order valence-electron chi connectivity index (χ2n) is 7.22. The zero-order valence-corrected chi connectivity index (χ0v) is 15.5. The third kappa shape index (κ3) is 4.64. The van der Waals surface area contributed by atoms with E-state index in [0.29, 0.717) is 32.4 Å². The fraction of sp³-hybridized carbons (Fsp3) is 0.500. The number of aliphatic hydroxyl groups is 1. The highest BCUT2D eigenvalue weighted by Gasteiger charge is 2.36. The number of rotatable bonds is 6. The highest BCUT2D eigenvalue weighted by atomic mass is 16.5. The lowest BCUT2D eigenvalue weighted by atomic mass is 9.93. The molecule has 0 bridgehead atoms. The Hall–Kier alpha value is -2.34. The topological polar surface area (TPSA) is 67.6 Å². The number of benzene rings is 1. The van der Waals surface area contributed by atoms with Gasteiger partial charge in [-0.1, -0.05) is 18.2 Å². The van der Waals surface area contributed by atoms with E-state index < -0.39 is 5.60 Å². The molecule has 26 heavy (non-hydrogen) atoms. The Bertz CT molecular complexity index is 758. The van der Waals surface area contributed by atoms with Crippen molar-refractivity contribution in [2.75, 3.05) is 19.7 Å². The lowest BCUT2D eigenvalue weighted by molar-refractivity contribution is -0.140. The summed E-state index contributed by atoms with van der Waals surface area (Å²) in [7, 11) is 1.87. The first-order chi connectivity index (χ1) is 12.5. The van der Waals surface area contributed by atoms with Crippen LogP contribution < -0.4 is 4.74 Å². The summed E-state index contributed by atoms with van der Waals surface area (Å²) in [6.07, 6.45) is 6.24. The predicted molar refractivity (Wildman–Crippen MR) is 99.0 cm³/mol. The van der Waals surface area contributed by atoms with Crippen molar-refractivity contribution in [3.63, 3.8) is 0 Å². The van der Waals surface area contributed by atoms with Crippen LogP contribution in [0.5, 0.6) is 5.75 Å². The molecular weight excluding hydrogens is 330 g/mol. The molecule has 2 heterocycles. The van der Waals surface area contributed by atoms with Gasteiger partial charge in [0.05, 0.1) is 12.7 Å². The maximum Gasteiger partial charge on any atom is 0.223 e. The minimum atomic E-state index is -0.996. The van der Waals surface area contributed by atoms with Gasteiger partial charge in [-0.25, -0.2) is 0 Å². The van der Waals surface area contributed by atoms with Crippen molar-refractivity contribution in [2.24, 2.45) is 7.05 Å². The van der Waals surface area contributed by atoms with Crippen molar-refractivity contribution < 1.29 is 14.6 Å². The summed E-state index contributed by atoms with van der Waals surface area (Å²) in [5.74, 6) is 0.851. The fourth-order valence-electron chi connectivity index (χ4n) is 3.38. The van der Waals surface area contributed by atoms with Gasteiger partial charge >= 0.3 is 0 Å². The van der Waals surface area contributed by atoms with Crippen LogP contribution in [0.4, 0.5) is 0 Å². The summed E-state index contributed by atoms with van der Waals surface area (Å²) < 4.78 is 7.58. The number of para-hydroxylation sites is 1. The van der Waals surface area contributed by atoms with Crippen molar-refractivity contribution in [1.29, 1.82) is 0 Å². The van der Waals surface area contributed by atoms with E-state index in [-0.39, 0.29) is 12.5 Å². The van der Waals surface area contributed by atoms with Crippen molar-refractivity contribution in [3.8, 4) is 5.75 Å². The van der Waals surface area contributed by atoms with Crippen LogP contribution in [-0.4, -0.2) is 51.0 Å². The Balaban J connectivity index is 1.53. The third-order valence-corrected chi connectivity index (χ3v) is 4.88. The summed E-state index contributed by atoms with van der Waals surface area (Å²) in [6, 6.07) is 7.76. The van der Waals surface area contributed by atoms with Gasteiger partial charge in [0.1, 0.15) is 18.0 Å². The number of ether oxygens (including phenoxy) is 1. The van der Waals surface area contributed by atoms with E-state index in [1.54, 1.807) is 15.8 Å². The zero-order valence-electron chi connectivity index (χ0n) is 15.5. The first kappa shape index (κ1) is 18.5. The number of hydrogen-bond acceptors (Lipinski definition) is 4. The van der Waals surface area contributed by atoms with Gasteiger partial charge in [0.25, 0.3) is 0 Å². The number of β-amino-alcohol motifs (C(OH)–C–C–N with tert-alkyl or cyclic N) is 1. The van der Waals surface area contributed by atoms with Gasteiger partial charge in [0.15, 0.2) is 0 Å². The molecule has 2 aromatic rings. The molecule has 0 aliphatic carbocycles. The second kappa shape index (κ2) is 7.91. The minimum absolute atomic E-state index is 0.0721. The molecule has 6 nitrogen and oxygen atoms in total. The van der Waals surface area contributed by atoms with E-state index in [1.165, 1.54) is 0 Å². The van der Waals surface area contributed by atoms with Gasteiger partial charge in [-0.2, -0.15) is 5.10 Å². The molecule has 1 aromatic carbocycles. The van der Waals surface area contributed by atoms with Gasteiger partial charge in [-0.15, -0.1) is 0 Å².